The minimum absolute atomic E-state index is 0.125. The molecule has 2 rings (SSSR count). The number of carbonyl (C=O) groups is 1. The number of carbonyl (C=O) groups excluding carboxylic acids is 1. The van der Waals surface area contributed by atoms with E-state index >= 15 is 0 Å². The number of aromatic nitrogens is 2. The predicted octanol–water partition coefficient (Wildman–Crippen LogP) is 1.65. The maximum atomic E-state index is 12.4. The van der Waals surface area contributed by atoms with Gasteiger partial charge in [0.15, 0.2) is 6.10 Å². The van der Waals surface area contributed by atoms with Crippen LogP contribution in [0.1, 0.15) is 43.7 Å². The fourth-order valence-corrected chi connectivity index (χ4v) is 2.83. The Morgan fingerprint density at radius 2 is 2.04 bits per heavy atom. The summed E-state index contributed by atoms with van der Waals surface area (Å²) in [5.74, 6) is -0.672. The van der Waals surface area contributed by atoms with E-state index in [4.69, 9.17) is 9.47 Å². The number of aromatic amines is 1. The maximum Gasteiger partial charge on any atom is 0.330 e. The third-order valence-corrected chi connectivity index (χ3v) is 4.03. The van der Waals surface area contributed by atoms with Crippen molar-refractivity contribution in [2.24, 2.45) is 0 Å². The molecule has 1 unspecified atom stereocenters. The first kappa shape index (κ1) is 21.0. The summed E-state index contributed by atoms with van der Waals surface area (Å²) in [6.07, 6.45) is -0.952. The van der Waals surface area contributed by atoms with Crippen molar-refractivity contribution in [2.45, 2.75) is 40.0 Å². The zero-order valence-corrected chi connectivity index (χ0v) is 15.8. The van der Waals surface area contributed by atoms with Gasteiger partial charge in [-0.15, -0.1) is 0 Å². The summed E-state index contributed by atoms with van der Waals surface area (Å²) in [7, 11) is 0. The van der Waals surface area contributed by atoms with Crippen molar-refractivity contribution in [1.29, 1.82) is 0 Å². The smallest absolute Gasteiger partial charge is 0.330 e. The molecule has 1 aromatic carbocycles. The van der Waals surface area contributed by atoms with Crippen molar-refractivity contribution in [3.8, 4) is 0 Å². The number of rotatable bonds is 8. The normalized spacial score (nSPS) is 11.8. The molecule has 0 spiro atoms. The van der Waals surface area contributed by atoms with E-state index in [9.17, 15) is 24.5 Å². The molecule has 150 valence electrons. The van der Waals surface area contributed by atoms with Crippen LogP contribution in [0.15, 0.2) is 33.9 Å². The van der Waals surface area contributed by atoms with E-state index in [-0.39, 0.29) is 35.7 Å². The molecule has 1 heterocycles. The van der Waals surface area contributed by atoms with E-state index < -0.39 is 28.2 Å². The second-order valence-corrected chi connectivity index (χ2v) is 5.87. The molecule has 28 heavy (non-hydrogen) atoms. The molecule has 1 N–H and O–H groups in total. The number of H-pyrrole nitrogens is 1. The van der Waals surface area contributed by atoms with Crippen LogP contribution in [0.4, 0.5) is 5.69 Å². The molecule has 0 aliphatic rings. The Morgan fingerprint density at radius 3 is 2.61 bits per heavy atom. The molecule has 10 nitrogen and oxygen atoms in total. The fourth-order valence-electron chi connectivity index (χ4n) is 2.83. The minimum Gasteiger partial charge on any atom is -0.451 e. The average molecular weight is 391 g/mol. The first-order valence-corrected chi connectivity index (χ1v) is 8.65. The Kier molecular flexibility index (Phi) is 6.83. The molecular weight excluding hydrogens is 370 g/mol. The van der Waals surface area contributed by atoms with Crippen molar-refractivity contribution < 1.29 is 19.2 Å². The summed E-state index contributed by atoms with van der Waals surface area (Å²) in [5.41, 5.74) is -0.950. The van der Waals surface area contributed by atoms with Crippen LogP contribution in [0.5, 0.6) is 0 Å². The van der Waals surface area contributed by atoms with Gasteiger partial charge >= 0.3 is 11.7 Å². The van der Waals surface area contributed by atoms with Gasteiger partial charge in [0.25, 0.3) is 11.2 Å². The third-order valence-electron chi connectivity index (χ3n) is 4.03. The molecule has 0 radical (unpaired) electrons. The SMILES string of the molecule is CCOCn1c(C(OC(C)=O)c2cccc([N+](=O)[O-])c2)c(CC)c(=O)[nH]c1=O. The van der Waals surface area contributed by atoms with Gasteiger partial charge in [0.05, 0.1) is 10.6 Å². The number of nitro groups is 1. The lowest BCUT2D eigenvalue weighted by molar-refractivity contribution is -0.385. The molecule has 2 aromatic rings. The summed E-state index contributed by atoms with van der Waals surface area (Å²) >= 11 is 0. The number of ether oxygens (including phenoxy) is 2. The van der Waals surface area contributed by atoms with Crippen LogP contribution in [0.3, 0.4) is 0 Å². The summed E-state index contributed by atoms with van der Waals surface area (Å²) in [4.78, 5) is 49.3. The van der Waals surface area contributed by atoms with Crippen molar-refractivity contribution in [2.75, 3.05) is 6.61 Å². The second kappa shape index (κ2) is 9.09. The van der Waals surface area contributed by atoms with E-state index in [1.165, 1.54) is 31.2 Å². The average Bonchev–Trinajstić information content (AvgIpc) is 2.65. The van der Waals surface area contributed by atoms with E-state index in [1.54, 1.807) is 13.8 Å². The molecule has 0 saturated heterocycles. The number of esters is 1. The molecule has 0 fully saturated rings. The Labute approximate surface area is 159 Å². The van der Waals surface area contributed by atoms with Crippen molar-refractivity contribution >= 4 is 11.7 Å². The molecule has 0 bridgehead atoms. The lowest BCUT2D eigenvalue weighted by Crippen LogP contribution is -2.38. The molecule has 0 amide bonds. The first-order chi connectivity index (χ1) is 13.3. The van der Waals surface area contributed by atoms with Gasteiger partial charge in [-0.2, -0.15) is 0 Å². The highest BCUT2D eigenvalue weighted by atomic mass is 16.6. The van der Waals surface area contributed by atoms with E-state index in [0.29, 0.717) is 6.61 Å². The van der Waals surface area contributed by atoms with E-state index in [0.717, 1.165) is 4.57 Å². The number of nitrogens with one attached hydrogen (secondary N) is 1. The zero-order valence-electron chi connectivity index (χ0n) is 15.8. The van der Waals surface area contributed by atoms with E-state index in [2.05, 4.69) is 4.98 Å². The Balaban J connectivity index is 2.81. The van der Waals surface area contributed by atoms with Gasteiger partial charge in [0.1, 0.15) is 6.73 Å². The van der Waals surface area contributed by atoms with Crippen LogP contribution >= 0.6 is 0 Å². The highest BCUT2D eigenvalue weighted by Crippen LogP contribution is 2.29. The zero-order chi connectivity index (χ0) is 20.8. The molecule has 1 aromatic heterocycles. The van der Waals surface area contributed by atoms with Crippen LogP contribution in [-0.4, -0.2) is 27.1 Å². The van der Waals surface area contributed by atoms with Crippen molar-refractivity contribution in [3.63, 3.8) is 0 Å². The lowest BCUT2D eigenvalue weighted by atomic mass is 10.00. The molecule has 1 atom stereocenters. The quantitative estimate of drug-likeness (QED) is 0.411. The Bertz CT molecular complexity index is 993. The monoisotopic (exact) mass is 391 g/mol. The highest BCUT2D eigenvalue weighted by molar-refractivity contribution is 5.67. The Hall–Kier alpha value is -3.27. The van der Waals surface area contributed by atoms with Gasteiger partial charge in [-0.1, -0.05) is 19.1 Å². The number of hydrogen-bond acceptors (Lipinski definition) is 7. The highest BCUT2D eigenvalue weighted by Gasteiger charge is 2.28. The molecule has 10 heteroatoms. The number of benzene rings is 1. The number of nitrogens with zero attached hydrogens (tertiary/aromatic N) is 2. The largest absolute Gasteiger partial charge is 0.451 e. The number of nitro benzene ring substituents is 1. The topological polar surface area (TPSA) is 134 Å². The fraction of sp³-hybridized carbons (Fsp3) is 0.389. The van der Waals surface area contributed by atoms with Gasteiger partial charge in [-0.25, -0.2) is 4.79 Å². The first-order valence-electron chi connectivity index (χ1n) is 8.65. The van der Waals surface area contributed by atoms with E-state index in [1.807, 2.05) is 0 Å². The summed E-state index contributed by atoms with van der Waals surface area (Å²) in [6.45, 7) is 4.75. The summed E-state index contributed by atoms with van der Waals surface area (Å²) in [5, 5.41) is 11.1. The van der Waals surface area contributed by atoms with Gasteiger partial charge in [0.2, 0.25) is 0 Å². The standard InChI is InChI=1S/C18H21N3O7/c1-4-14-15(20(10-27-5-2)18(24)19-17(14)23)16(28-11(3)22)12-7-6-8-13(9-12)21(25)26/h6-9,16H,4-5,10H2,1-3H3,(H,19,23,24). The second-order valence-electron chi connectivity index (χ2n) is 5.87. The minimum atomic E-state index is -1.19. The van der Waals surface area contributed by atoms with Gasteiger partial charge in [-0.05, 0) is 13.3 Å². The van der Waals surface area contributed by atoms with Crippen LogP contribution in [0, 0.1) is 10.1 Å². The molecule has 0 aliphatic heterocycles. The number of hydrogen-bond donors (Lipinski definition) is 1. The van der Waals surface area contributed by atoms with Crippen LogP contribution in [0.2, 0.25) is 0 Å². The van der Waals surface area contributed by atoms with Gasteiger partial charge in [0, 0.05) is 36.8 Å². The van der Waals surface area contributed by atoms with Crippen LogP contribution < -0.4 is 11.2 Å². The van der Waals surface area contributed by atoms with Crippen LogP contribution in [-0.2, 0) is 27.4 Å². The number of non-ortho nitro benzene ring substituents is 1. The van der Waals surface area contributed by atoms with Crippen LogP contribution in [0.25, 0.3) is 0 Å². The summed E-state index contributed by atoms with van der Waals surface area (Å²) in [6, 6.07) is 5.49. The lowest BCUT2D eigenvalue weighted by Gasteiger charge is -2.23. The molecule has 0 saturated carbocycles. The molecular formula is C18H21N3O7. The summed E-state index contributed by atoms with van der Waals surface area (Å²) < 4.78 is 11.9. The predicted molar refractivity (Wildman–Crippen MR) is 99.0 cm³/mol. The van der Waals surface area contributed by atoms with Gasteiger partial charge < -0.3 is 9.47 Å². The maximum absolute atomic E-state index is 12.4. The Morgan fingerprint density at radius 1 is 1.32 bits per heavy atom. The molecule has 0 aliphatic carbocycles. The third kappa shape index (κ3) is 4.52. The van der Waals surface area contributed by atoms with Crippen molar-refractivity contribution in [3.05, 3.63) is 72.0 Å². The van der Waals surface area contributed by atoms with Gasteiger partial charge in [-0.3, -0.25) is 29.3 Å². The van der Waals surface area contributed by atoms with Crippen molar-refractivity contribution in [1.82, 2.24) is 9.55 Å².